The summed E-state index contributed by atoms with van der Waals surface area (Å²) in [7, 11) is -2.17. The van der Waals surface area contributed by atoms with Gasteiger partial charge < -0.3 is 14.2 Å². The van der Waals surface area contributed by atoms with Gasteiger partial charge in [-0.05, 0) is 264 Å². The Labute approximate surface area is 724 Å². The quantitative estimate of drug-likeness (QED) is 0.120. The highest BCUT2D eigenvalue weighted by atomic mass is 28.3. The van der Waals surface area contributed by atoms with Gasteiger partial charge in [-0.25, -0.2) is 0 Å². The molecular formula is C119H96N2OSi. The summed E-state index contributed by atoms with van der Waals surface area (Å²) in [6.45, 7) is 19.4. The zero-order valence-corrected chi connectivity index (χ0v) is 72.1. The lowest BCUT2D eigenvalue weighted by atomic mass is 9.68. The molecule has 5 aliphatic carbocycles. The fraction of sp³-hybridized carbons (Fsp3) is 0.143. The second kappa shape index (κ2) is 28.2. The molecule has 1 fully saturated rings. The maximum atomic E-state index is 6.60. The third kappa shape index (κ3) is 11.6. The fourth-order valence-electron chi connectivity index (χ4n) is 22.9. The minimum absolute atomic E-state index is 0.0329. The molecule has 0 amide bonds. The molecule has 17 aromatic carbocycles. The first-order valence-corrected chi connectivity index (χ1v) is 47.2. The Hall–Kier alpha value is -13.6. The first kappa shape index (κ1) is 74.4. The van der Waals surface area contributed by atoms with E-state index in [1.54, 1.807) is 0 Å². The molecule has 0 unspecified atom stereocenters. The Morgan fingerprint density at radius 2 is 0.618 bits per heavy atom. The van der Waals surface area contributed by atoms with Crippen LogP contribution in [-0.4, -0.2) is 8.07 Å². The summed E-state index contributed by atoms with van der Waals surface area (Å²) in [4.78, 5) is 4.95. The van der Waals surface area contributed by atoms with Gasteiger partial charge in [0.15, 0.2) is 0 Å². The van der Waals surface area contributed by atoms with Gasteiger partial charge in [-0.15, -0.1) is 0 Å². The SMILES string of the molecule is CC1(C)c2cc(-c3ccccc3)ccc2-c2ccc(N(c3ccc4c(c3)[Si](C)(C)c3cc(-c5cccc6c5-c5ccccc5C6(C)C)ccc3-4)c3ccccc3-c3ccccc3)cc21.CC1(C)c2ccccc2-c2ccc(N(c3ccc(-c4ccccc4)cc3)c3ccc4oc5ccc(-c6cccc7c6-c6ccccc6C76CCCCC6)cc5c4c3)cc21. The van der Waals surface area contributed by atoms with E-state index < -0.39 is 8.07 Å². The Morgan fingerprint density at radius 1 is 0.236 bits per heavy atom. The van der Waals surface area contributed by atoms with E-state index in [0.717, 1.165) is 39.0 Å². The number of hydrogen-bond acceptors (Lipinski definition) is 3. The molecule has 0 bridgehead atoms. The van der Waals surface area contributed by atoms with Crippen molar-refractivity contribution < 1.29 is 4.42 Å². The largest absolute Gasteiger partial charge is 0.456 e. The molecule has 0 N–H and O–H groups in total. The molecule has 24 rings (SSSR count). The third-order valence-corrected chi connectivity index (χ3v) is 32.7. The van der Waals surface area contributed by atoms with Gasteiger partial charge in [-0.1, -0.05) is 359 Å². The maximum Gasteiger partial charge on any atom is 0.135 e. The molecule has 1 saturated carbocycles. The van der Waals surface area contributed by atoms with Crippen LogP contribution in [0.1, 0.15) is 118 Å². The van der Waals surface area contributed by atoms with E-state index in [-0.39, 0.29) is 21.7 Å². The summed E-state index contributed by atoms with van der Waals surface area (Å²) in [6.07, 6.45) is 6.38. The second-order valence-corrected chi connectivity index (χ2v) is 41.6. The lowest BCUT2D eigenvalue weighted by Crippen LogP contribution is -2.49. The van der Waals surface area contributed by atoms with Gasteiger partial charge in [0.1, 0.15) is 19.2 Å². The topological polar surface area (TPSA) is 19.6 Å². The van der Waals surface area contributed by atoms with Crippen molar-refractivity contribution >= 4 is 74.5 Å². The molecular weight excluding hydrogens is 1500 g/mol. The lowest BCUT2D eigenvalue weighted by Gasteiger charge is -2.36. The van der Waals surface area contributed by atoms with Crippen molar-refractivity contribution in [2.24, 2.45) is 0 Å². The summed E-state index contributed by atoms with van der Waals surface area (Å²) >= 11 is 0. The van der Waals surface area contributed by atoms with Crippen LogP contribution in [0.4, 0.5) is 34.1 Å². The van der Waals surface area contributed by atoms with E-state index in [2.05, 4.69) is 441 Å². The van der Waals surface area contributed by atoms with Crippen LogP contribution in [-0.2, 0) is 21.7 Å². The number of para-hydroxylation sites is 1. The summed E-state index contributed by atoms with van der Waals surface area (Å²) in [6, 6.07) is 141. The molecule has 1 aromatic heterocycles. The Bertz CT molecular complexity index is 7340. The maximum absolute atomic E-state index is 6.60. The third-order valence-electron chi connectivity index (χ3n) is 29.2. The van der Waals surface area contributed by atoms with Crippen LogP contribution in [0.2, 0.25) is 13.1 Å². The molecule has 0 atom stereocenters. The number of benzene rings is 17. The van der Waals surface area contributed by atoms with E-state index in [9.17, 15) is 0 Å². The molecule has 4 heteroatoms. The first-order chi connectivity index (χ1) is 60.0. The van der Waals surface area contributed by atoms with Crippen molar-refractivity contribution in [2.45, 2.75) is 108 Å². The average Bonchev–Trinajstić information content (AvgIpc) is 1.49. The predicted molar refractivity (Wildman–Crippen MR) is 521 cm³/mol. The van der Waals surface area contributed by atoms with Crippen LogP contribution in [0, 0.1) is 0 Å². The van der Waals surface area contributed by atoms with Gasteiger partial charge in [-0.2, -0.15) is 0 Å². The van der Waals surface area contributed by atoms with Gasteiger partial charge in [0.25, 0.3) is 0 Å². The van der Waals surface area contributed by atoms with E-state index in [1.807, 2.05) is 0 Å². The minimum Gasteiger partial charge on any atom is -0.456 e. The van der Waals surface area contributed by atoms with E-state index in [1.165, 1.54) is 215 Å². The molecule has 123 heavy (non-hydrogen) atoms. The number of hydrogen-bond donors (Lipinski definition) is 0. The molecule has 18 aromatic rings. The number of anilines is 6. The van der Waals surface area contributed by atoms with E-state index >= 15 is 0 Å². The number of nitrogens with zero attached hydrogens (tertiary/aromatic N) is 2. The highest BCUT2D eigenvalue weighted by Crippen LogP contribution is 2.60. The Balaban J connectivity index is 0.000000143. The average molecular weight is 1600 g/mol. The zero-order valence-electron chi connectivity index (χ0n) is 71.1. The van der Waals surface area contributed by atoms with Crippen LogP contribution in [0.5, 0.6) is 0 Å². The first-order valence-electron chi connectivity index (χ1n) is 44.2. The Morgan fingerprint density at radius 3 is 1.28 bits per heavy atom. The van der Waals surface area contributed by atoms with Crippen molar-refractivity contribution in [3.8, 4) is 111 Å². The van der Waals surface area contributed by atoms with Gasteiger partial charge in [0.05, 0.1) is 5.69 Å². The Kier molecular flexibility index (Phi) is 17.1. The fourth-order valence-corrected chi connectivity index (χ4v) is 26.0. The second-order valence-electron chi connectivity index (χ2n) is 37.3. The van der Waals surface area contributed by atoms with Crippen LogP contribution in [0.3, 0.4) is 0 Å². The number of furan rings is 1. The molecule has 0 saturated heterocycles. The standard InChI is InChI=1S/C62H51NSi.C57H45NO/c1-61(2)53-25-15-13-23-52(53)60-47(24-17-26-54(60)61)43-29-33-50-51-35-31-45(39-59(51)64(5,6)58(50)37-43)63(57-27-16-14-22-46(57)41-20-11-8-12-21-41)44-30-34-49-48-32-28-42(40-18-9-7-10-19-40)36-55(48)62(3,4)56(49)38-44;1-56(2)49-19-9-7-16-44(49)45-29-27-42(36-52(45)56)58(40-25-22-38(23-26-40)37-14-5-3-6-15-37)41-28-31-54-48(35-41)47-34-39(24-30-53(47)59-54)43-18-13-21-51-55(43)46-17-8-10-20-50(46)57(51)32-11-4-12-33-57/h7-39H,1-6H3;3,5-10,13-31,34-36H,4,11-12,32-33H2,1-2H3. The molecule has 3 nitrogen and oxygen atoms in total. The van der Waals surface area contributed by atoms with Crippen molar-refractivity contribution in [3.63, 3.8) is 0 Å². The summed E-state index contributed by atoms with van der Waals surface area (Å²) in [5, 5.41) is 5.27. The van der Waals surface area contributed by atoms with Crippen molar-refractivity contribution in [2.75, 3.05) is 9.80 Å². The minimum atomic E-state index is -2.17. The smallest absolute Gasteiger partial charge is 0.135 e. The zero-order chi connectivity index (χ0) is 82.8. The van der Waals surface area contributed by atoms with Gasteiger partial charge in [0.2, 0.25) is 0 Å². The number of rotatable bonds is 11. The predicted octanol–water partition coefficient (Wildman–Crippen LogP) is 31.5. The molecule has 1 spiro atoms. The highest BCUT2D eigenvalue weighted by Gasteiger charge is 2.46. The van der Waals surface area contributed by atoms with Gasteiger partial charge >= 0.3 is 0 Å². The molecule has 1 aliphatic heterocycles. The van der Waals surface area contributed by atoms with Crippen LogP contribution in [0.25, 0.3) is 133 Å². The van der Waals surface area contributed by atoms with Crippen molar-refractivity contribution in [1.29, 1.82) is 0 Å². The summed E-state index contributed by atoms with van der Waals surface area (Å²) in [5.41, 5.74) is 46.1. The molecule has 6 aliphatic rings. The van der Waals surface area contributed by atoms with Crippen LogP contribution < -0.4 is 20.2 Å². The van der Waals surface area contributed by atoms with Crippen molar-refractivity contribution in [3.05, 3.63) is 421 Å². The highest BCUT2D eigenvalue weighted by molar-refractivity contribution is 7.04. The molecule has 592 valence electrons. The summed E-state index contributed by atoms with van der Waals surface area (Å²) in [5.74, 6) is 0. The van der Waals surface area contributed by atoms with Gasteiger partial charge in [-0.3, -0.25) is 0 Å². The summed E-state index contributed by atoms with van der Waals surface area (Å²) < 4.78 is 6.60. The normalized spacial score (nSPS) is 15.3. The van der Waals surface area contributed by atoms with Crippen molar-refractivity contribution in [1.82, 2.24) is 0 Å². The molecule has 2 heterocycles. The number of fused-ring (bicyclic) bond motifs is 20. The van der Waals surface area contributed by atoms with Crippen LogP contribution >= 0.6 is 0 Å². The van der Waals surface area contributed by atoms with E-state index in [4.69, 9.17) is 4.42 Å². The van der Waals surface area contributed by atoms with E-state index in [0.29, 0.717) is 0 Å². The molecule has 0 radical (unpaired) electrons. The monoisotopic (exact) mass is 1600 g/mol. The van der Waals surface area contributed by atoms with Gasteiger partial charge in [0, 0.05) is 66.4 Å². The lowest BCUT2D eigenvalue weighted by molar-refractivity contribution is 0.353. The van der Waals surface area contributed by atoms with Crippen LogP contribution in [0.15, 0.2) is 381 Å².